The Labute approximate surface area is 152 Å². The molecule has 128 valence electrons. The van der Waals surface area contributed by atoms with E-state index in [0.717, 1.165) is 25.2 Å². The van der Waals surface area contributed by atoms with Crippen molar-refractivity contribution < 1.29 is 4.79 Å². The fraction of sp³-hybridized carbons (Fsp3) is 0.333. The van der Waals surface area contributed by atoms with Crippen LogP contribution >= 0.6 is 23.2 Å². The van der Waals surface area contributed by atoms with Crippen LogP contribution in [0.1, 0.15) is 35.5 Å². The Balaban J connectivity index is 2.09. The minimum atomic E-state index is -0.333. The van der Waals surface area contributed by atoms with Gasteiger partial charge >= 0.3 is 0 Å². The maximum atomic E-state index is 12.3. The summed E-state index contributed by atoms with van der Waals surface area (Å²) in [4.78, 5) is 18.6. The maximum Gasteiger partial charge on any atom is 0.271 e. The lowest BCUT2D eigenvalue weighted by atomic mass is 10.1. The Bertz CT molecular complexity index is 702. The lowest BCUT2D eigenvalue weighted by molar-refractivity contribution is 0.0946. The Morgan fingerprint density at radius 3 is 2.42 bits per heavy atom. The molecule has 0 saturated carbocycles. The molecule has 0 saturated heterocycles. The van der Waals surface area contributed by atoms with E-state index >= 15 is 0 Å². The van der Waals surface area contributed by atoms with E-state index in [1.807, 2.05) is 18.2 Å². The molecular formula is C18H21Cl2N3O. The highest BCUT2D eigenvalue weighted by atomic mass is 35.5. The smallest absolute Gasteiger partial charge is 0.271 e. The predicted octanol–water partition coefficient (Wildman–Crippen LogP) is 4.16. The van der Waals surface area contributed by atoms with Crippen molar-refractivity contribution in [1.29, 1.82) is 0 Å². The molecule has 0 aliphatic heterocycles. The number of nitrogens with zero attached hydrogens (tertiary/aromatic N) is 2. The quantitative estimate of drug-likeness (QED) is 0.749. The molecule has 2 rings (SSSR count). The molecule has 24 heavy (non-hydrogen) atoms. The monoisotopic (exact) mass is 365 g/mol. The third kappa shape index (κ3) is 4.94. The molecule has 0 bridgehead atoms. The summed E-state index contributed by atoms with van der Waals surface area (Å²) in [6, 6.07) is 11.2. The molecule has 0 radical (unpaired) electrons. The number of rotatable bonds is 7. The predicted molar refractivity (Wildman–Crippen MR) is 98.5 cm³/mol. The van der Waals surface area contributed by atoms with Crippen molar-refractivity contribution in [2.45, 2.75) is 26.9 Å². The van der Waals surface area contributed by atoms with Crippen LogP contribution in [0.4, 0.5) is 0 Å². The number of hydrogen-bond donors (Lipinski definition) is 1. The van der Waals surface area contributed by atoms with E-state index in [0.29, 0.717) is 6.54 Å². The Hall–Kier alpha value is -1.62. The molecular weight excluding hydrogens is 345 g/mol. The largest absolute Gasteiger partial charge is 0.347 e. The molecule has 1 aromatic heterocycles. The molecule has 0 atom stereocenters. The summed E-state index contributed by atoms with van der Waals surface area (Å²) < 4.78 is 0. The standard InChI is InChI=1S/C18H21Cl2N3O/c1-3-23(4-2)12-14-8-6-5-7-13(14)11-21-18(24)17-15(19)9-10-16(20)22-17/h5-10H,3-4,11-12H2,1-2H3,(H,21,24). The molecule has 2 aromatic rings. The zero-order valence-electron chi connectivity index (χ0n) is 13.9. The number of carbonyl (C=O) groups excluding carboxylic acids is 1. The molecule has 1 aromatic carbocycles. The van der Waals surface area contributed by atoms with Crippen LogP contribution in [-0.2, 0) is 13.1 Å². The zero-order valence-corrected chi connectivity index (χ0v) is 15.4. The summed E-state index contributed by atoms with van der Waals surface area (Å²) in [6.45, 7) is 7.52. The number of pyridine rings is 1. The van der Waals surface area contributed by atoms with E-state index in [-0.39, 0.29) is 21.8 Å². The Kier molecular flexibility index (Phi) is 7.03. The summed E-state index contributed by atoms with van der Waals surface area (Å²) in [7, 11) is 0. The fourth-order valence-electron chi connectivity index (χ4n) is 2.41. The number of nitrogens with one attached hydrogen (secondary N) is 1. The van der Waals surface area contributed by atoms with Gasteiger partial charge in [-0.05, 0) is 36.3 Å². The minimum Gasteiger partial charge on any atom is -0.347 e. The van der Waals surface area contributed by atoms with Gasteiger partial charge in [0.25, 0.3) is 5.91 Å². The molecule has 6 heteroatoms. The van der Waals surface area contributed by atoms with Crippen LogP contribution < -0.4 is 5.32 Å². The second-order valence-corrected chi connectivity index (χ2v) is 6.17. The van der Waals surface area contributed by atoms with Gasteiger partial charge in [0.2, 0.25) is 0 Å². The van der Waals surface area contributed by atoms with Gasteiger partial charge in [-0.1, -0.05) is 61.3 Å². The van der Waals surface area contributed by atoms with E-state index in [9.17, 15) is 4.79 Å². The third-order valence-corrected chi connectivity index (χ3v) is 4.39. The molecule has 0 unspecified atom stereocenters. The number of amides is 1. The molecule has 0 fully saturated rings. The summed E-state index contributed by atoms with van der Waals surface area (Å²) in [6.07, 6.45) is 0. The number of carbonyl (C=O) groups is 1. The molecule has 4 nitrogen and oxygen atoms in total. The van der Waals surface area contributed by atoms with Crippen molar-refractivity contribution in [3.05, 3.63) is 63.4 Å². The average Bonchev–Trinajstić information content (AvgIpc) is 2.60. The zero-order chi connectivity index (χ0) is 17.5. The van der Waals surface area contributed by atoms with E-state index in [1.165, 1.54) is 5.56 Å². The first kappa shape index (κ1) is 18.7. The lowest BCUT2D eigenvalue weighted by Crippen LogP contribution is -2.26. The number of hydrogen-bond acceptors (Lipinski definition) is 3. The summed E-state index contributed by atoms with van der Waals surface area (Å²) in [5.41, 5.74) is 2.42. The van der Waals surface area contributed by atoms with Crippen LogP contribution in [0.25, 0.3) is 0 Å². The number of benzene rings is 1. The van der Waals surface area contributed by atoms with Gasteiger partial charge in [-0.2, -0.15) is 0 Å². The topological polar surface area (TPSA) is 45.2 Å². The SMILES string of the molecule is CCN(CC)Cc1ccccc1CNC(=O)c1nc(Cl)ccc1Cl. The highest BCUT2D eigenvalue weighted by Crippen LogP contribution is 2.17. The van der Waals surface area contributed by atoms with Gasteiger partial charge in [0.05, 0.1) is 5.02 Å². The van der Waals surface area contributed by atoms with Gasteiger partial charge in [-0.25, -0.2) is 4.98 Å². The second-order valence-electron chi connectivity index (χ2n) is 5.38. The van der Waals surface area contributed by atoms with Crippen molar-refractivity contribution in [3.63, 3.8) is 0 Å². The fourth-order valence-corrected chi connectivity index (χ4v) is 2.75. The van der Waals surface area contributed by atoms with Crippen LogP contribution in [0.2, 0.25) is 10.2 Å². The second kappa shape index (κ2) is 9.02. The van der Waals surface area contributed by atoms with Crippen molar-refractivity contribution in [2.24, 2.45) is 0 Å². The van der Waals surface area contributed by atoms with Crippen LogP contribution in [0.5, 0.6) is 0 Å². The van der Waals surface area contributed by atoms with Gasteiger partial charge in [-0.15, -0.1) is 0 Å². The van der Waals surface area contributed by atoms with E-state index in [1.54, 1.807) is 12.1 Å². The number of aromatic nitrogens is 1. The summed E-state index contributed by atoms with van der Waals surface area (Å²) in [5, 5.41) is 3.40. The van der Waals surface area contributed by atoms with Gasteiger partial charge in [0.15, 0.2) is 0 Å². The molecule has 1 amide bonds. The van der Waals surface area contributed by atoms with Crippen molar-refractivity contribution in [1.82, 2.24) is 15.2 Å². The van der Waals surface area contributed by atoms with Gasteiger partial charge in [-0.3, -0.25) is 9.69 Å². The van der Waals surface area contributed by atoms with Crippen molar-refractivity contribution in [3.8, 4) is 0 Å². The van der Waals surface area contributed by atoms with Crippen LogP contribution in [0.15, 0.2) is 36.4 Å². The molecule has 1 heterocycles. The molecule has 0 aliphatic rings. The minimum absolute atomic E-state index is 0.144. The van der Waals surface area contributed by atoms with Crippen molar-refractivity contribution in [2.75, 3.05) is 13.1 Å². The summed E-state index contributed by atoms with van der Waals surface area (Å²) in [5.74, 6) is -0.333. The van der Waals surface area contributed by atoms with Crippen LogP contribution in [-0.4, -0.2) is 28.9 Å². The Morgan fingerprint density at radius 2 is 1.75 bits per heavy atom. The average molecular weight is 366 g/mol. The molecule has 1 N–H and O–H groups in total. The van der Waals surface area contributed by atoms with E-state index in [4.69, 9.17) is 23.2 Å². The summed E-state index contributed by atoms with van der Waals surface area (Å²) >= 11 is 11.9. The normalized spacial score (nSPS) is 10.9. The van der Waals surface area contributed by atoms with Crippen molar-refractivity contribution >= 4 is 29.1 Å². The first-order valence-corrected chi connectivity index (χ1v) is 8.70. The van der Waals surface area contributed by atoms with E-state index < -0.39 is 0 Å². The third-order valence-electron chi connectivity index (χ3n) is 3.87. The highest BCUT2D eigenvalue weighted by Gasteiger charge is 2.13. The highest BCUT2D eigenvalue weighted by molar-refractivity contribution is 6.34. The molecule has 0 spiro atoms. The first-order chi connectivity index (χ1) is 11.5. The van der Waals surface area contributed by atoms with E-state index in [2.05, 4.69) is 35.1 Å². The number of halogens is 2. The van der Waals surface area contributed by atoms with Crippen LogP contribution in [0.3, 0.4) is 0 Å². The van der Waals surface area contributed by atoms with Gasteiger partial charge in [0.1, 0.15) is 10.8 Å². The lowest BCUT2D eigenvalue weighted by Gasteiger charge is -2.20. The van der Waals surface area contributed by atoms with Gasteiger partial charge < -0.3 is 5.32 Å². The van der Waals surface area contributed by atoms with Crippen LogP contribution in [0, 0.1) is 0 Å². The van der Waals surface area contributed by atoms with Gasteiger partial charge in [0, 0.05) is 13.1 Å². The Morgan fingerprint density at radius 1 is 1.08 bits per heavy atom. The first-order valence-electron chi connectivity index (χ1n) is 7.94. The molecule has 0 aliphatic carbocycles. The maximum absolute atomic E-state index is 12.3.